The number of amides is 2. The lowest BCUT2D eigenvalue weighted by atomic mass is 9.89. The van der Waals surface area contributed by atoms with E-state index in [-0.39, 0.29) is 29.4 Å². The van der Waals surface area contributed by atoms with Crippen LogP contribution in [-0.2, 0) is 9.59 Å². The minimum Gasteiger partial charge on any atom is -0.369 e. The molecule has 2 aliphatic rings. The van der Waals surface area contributed by atoms with Crippen LogP contribution in [0.15, 0.2) is 30.3 Å². The van der Waals surface area contributed by atoms with Gasteiger partial charge in [-0.3, -0.25) is 19.3 Å². The molecule has 1 atom stereocenters. The number of Topliss-reactive ketones (excluding diaryl/α,β-unsaturated/α-hetero) is 1. The number of likely N-dealkylation sites (tertiary alicyclic amines) is 2. The molecule has 0 aromatic heterocycles. The second-order valence-electron chi connectivity index (χ2n) is 7.36. The fourth-order valence-electron chi connectivity index (χ4n) is 3.92. The summed E-state index contributed by atoms with van der Waals surface area (Å²) < 4.78 is 0. The molecule has 0 saturated carbocycles. The summed E-state index contributed by atoms with van der Waals surface area (Å²) in [6.45, 7) is 3.00. The highest BCUT2D eigenvalue weighted by Crippen LogP contribution is 2.22. The first-order valence-corrected chi connectivity index (χ1v) is 9.43. The van der Waals surface area contributed by atoms with Crippen molar-refractivity contribution in [3.05, 3.63) is 35.9 Å². The van der Waals surface area contributed by atoms with Crippen LogP contribution >= 0.6 is 0 Å². The molecule has 2 fully saturated rings. The summed E-state index contributed by atoms with van der Waals surface area (Å²) in [6.07, 6.45) is 3.16. The summed E-state index contributed by atoms with van der Waals surface area (Å²) in [5.74, 6) is -0.233. The van der Waals surface area contributed by atoms with Gasteiger partial charge in [-0.2, -0.15) is 0 Å². The number of nitrogens with zero attached hydrogens (tertiary/aromatic N) is 2. The number of piperidine rings is 2. The van der Waals surface area contributed by atoms with Crippen LogP contribution in [-0.4, -0.2) is 60.1 Å². The zero-order valence-corrected chi connectivity index (χ0v) is 15.1. The molecule has 0 bridgehead atoms. The molecule has 0 spiro atoms. The summed E-state index contributed by atoms with van der Waals surface area (Å²) in [7, 11) is 0. The van der Waals surface area contributed by atoms with E-state index in [1.807, 2.05) is 30.3 Å². The fraction of sp³-hybridized carbons (Fsp3) is 0.550. The van der Waals surface area contributed by atoms with E-state index in [1.165, 1.54) is 0 Å². The SMILES string of the molecule is NC(=O)C1CCCN(C(=O)CN2CCC(C(=O)c3ccccc3)CC2)C1. The van der Waals surface area contributed by atoms with Crippen molar-refractivity contribution in [2.75, 3.05) is 32.7 Å². The molecule has 1 unspecified atom stereocenters. The molecule has 2 N–H and O–H groups in total. The van der Waals surface area contributed by atoms with E-state index in [2.05, 4.69) is 4.90 Å². The first-order chi connectivity index (χ1) is 12.5. The summed E-state index contributed by atoms with van der Waals surface area (Å²) in [5, 5.41) is 0. The Kier molecular flexibility index (Phi) is 6.04. The number of carbonyl (C=O) groups is 3. The highest BCUT2D eigenvalue weighted by Gasteiger charge is 2.30. The van der Waals surface area contributed by atoms with Gasteiger partial charge in [-0.15, -0.1) is 0 Å². The van der Waals surface area contributed by atoms with Crippen LogP contribution in [0.2, 0.25) is 0 Å². The van der Waals surface area contributed by atoms with E-state index in [9.17, 15) is 14.4 Å². The number of primary amides is 1. The summed E-state index contributed by atoms with van der Waals surface area (Å²) in [4.78, 5) is 40.3. The number of nitrogens with two attached hydrogens (primary N) is 1. The third kappa shape index (κ3) is 4.49. The summed E-state index contributed by atoms with van der Waals surface area (Å²) >= 11 is 0. The van der Waals surface area contributed by atoms with Gasteiger partial charge in [-0.1, -0.05) is 30.3 Å². The number of benzene rings is 1. The molecular weight excluding hydrogens is 330 g/mol. The maximum atomic E-state index is 12.5. The number of rotatable bonds is 5. The van der Waals surface area contributed by atoms with Crippen molar-refractivity contribution in [1.82, 2.24) is 9.80 Å². The molecule has 6 nitrogen and oxygen atoms in total. The summed E-state index contributed by atoms with van der Waals surface area (Å²) in [5.41, 5.74) is 6.16. The van der Waals surface area contributed by atoms with Crippen molar-refractivity contribution < 1.29 is 14.4 Å². The van der Waals surface area contributed by atoms with Gasteiger partial charge < -0.3 is 10.6 Å². The van der Waals surface area contributed by atoms with E-state index >= 15 is 0 Å². The van der Waals surface area contributed by atoms with Crippen molar-refractivity contribution in [1.29, 1.82) is 0 Å². The molecule has 2 aliphatic heterocycles. The lowest BCUT2D eigenvalue weighted by Crippen LogP contribution is -2.49. The topological polar surface area (TPSA) is 83.7 Å². The standard InChI is InChI=1S/C20H27N3O3/c21-20(26)17-7-4-10-23(13-17)18(24)14-22-11-8-16(9-12-22)19(25)15-5-2-1-3-6-15/h1-3,5-6,16-17H,4,7-14H2,(H2,21,26). The Balaban J connectivity index is 1.47. The van der Waals surface area contributed by atoms with Gasteiger partial charge in [0.05, 0.1) is 12.5 Å². The fourth-order valence-corrected chi connectivity index (χ4v) is 3.92. The van der Waals surface area contributed by atoms with Crippen LogP contribution in [0.25, 0.3) is 0 Å². The zero-order valence-electron chi connectivity index (χ0n) is 15.1. The van der Waals surface area contributed by atoms with Gasteiger partial charge in [-0.25, -0.2) is 0 Å². The van der Waals surface area contributed by atoms with Crippen molar-refractivity contribution in [3.8, 4) is 0 Å². The second-order valence-corrected chi connectivity index (χ2v) is 7.36. The van der Waals surface area contributed by atoms with Crippen molar-refractivity contribution in [2.45, 2.75) is 25.7 Å². The lowest BCUT2D eigenvalue weighted by Gasteiger charge is -2.35. The van der Waals surface area contributed by atoms with Gasteiger partial charge in [0.2, 0.25) is 11.8 Å². The Labute approximate surface area is 154 Å². The van der Waals surface area contributed by atoms with E-state index in [0.717, 1.165) is 44.3 Å². The monoisotopic (exact) mass is 357 g/mol. The van der Waals surface area contributed by atoms with Crippen LogP contribution in [0, 0.1) is 11.8 Å². The van der Waals surface area contributed by atoms with E-state index in [4.69, 9.17) is 5.73 Å². The molecule has 0 radical (unpaired) electrons. The predicted molar refractivity (Wildman–Crippen MR) is 98.4 cm³/mol. The molecular formula is C20H27N3O3. The minimum absolute atomic E-state index is 0.0398. The number of hydrogen-bond donors (Lipinski definition) is 1. The molecule has 6 heteroatoms. The molecule has 26 heavy (non-hydrogen) atoms. The van der Waals surface area contributed by atoms with Gasteiger partial charge in [0.25, 0.3) is 0 Å². The third-order valence-electron chi connectivity index (χ3n) is 5.55. The predicted octanol–water partition coefficient (Wildman–Crippen LogP) is 1.31. The lowest BCUT2D eigenvalue weighted by molar-refractivity contribution is -0.136. The number of hydrogen-bond acceptors (Lipinski definition) is 4. The molecule has 3 rings (SSSR count). The molecule has 0 aliphatic carbocycles. The molecule has 2 saturated heterocycles. The minimum atomic E-state index is -0.317. The number of carbonyl (C=O) groups excluding carboxylic acids is 3. The molecule has 1 aromatic rings. The van der Waals surface area contributed by atoms with Crippen LogP contribution in [0.4, 0.5) is 0 Å². The average Bonchev–Trinajstić information content (AvgIpc) is 2.68. The first-order valence-electron chi connectivity index (χ1n) is 9.43. The van der Waals surface area contributed by atoms with Crippen LogP contribution in [0.1, 0.15) is 36.0 Å². The van der Waals surface area contributed by atoms with Crippen molar-refractivity contribution >= 4 is 17.6 Å². The van der Waals surface area contributed by atoms with Gasteiger partial charge in [-0.05, 0) is 38.8 Å². The van der Waals surface area contributed by atoms with Crippen LogP contribution < -0.4 is 5.73 Å². The maximum absolute atomic E-state index is 12.5. The second kappa shape index (κ2) is 8.45. The largest absolute Gasteiger partial charge is 0.369 e. The van der Waals surface area contributed by atoms with Gasteiger partial charge in [0.1, 0.15) is 0 Å². The Morgan fingerprint density at radius 2 is 1.65 bits per heavy atom. The highest BCUT2D eigenvalue weighted by molar-refractivity contribution is 5.97. The highest BCUT2D eigenvalue weighted by atomic mass is 16.2. The van der Waals surface area contributed by atoms with E-state index in [1.54, 1.807) is 4.90 Å². The Morgan fingerprint density at radius 1 is 0.962 bits per heavy atom. The van der Waals surface area contributed by atoms with E-state index < -0.39 is 0 Å². The molecule has 140 valence electrons. The van der Waals surface area contributed by atoms with Crippen LogP contribution in [0.3, 0.4) is 0 Å². The average molecular weight is 357 g/mol. The molecule has 1 aromatic carbocycles. The van der Waals surface area contributed by atoms with Crippen LogP contribution in [0.5, 0.6) is 0 Å². The van der Waals surface area contributed by atoms with Crippen molar-refractivity contribution in [3.63, 3.8) is 0 Å². The smallest absolute Gasteiger partial charge is 0.236 e. The van der Waals surface area contributed by atoms with Gasteiger partial charge in [0, 0.05) is 24.6 Å². The van der Waals surface area contributed by atoms with Crippen molar-refractivity contribution in [2.24, 2.45) is 17.6 Å². The van der Waals surface area contributed by atoms with Gasteiger partial charge in [0.15, 0.2) is 5.78 Å². The van der Waals surface area contributed by atoms with E-state index in [0.29, 0.717) is 19.6 Å². The first kappa shape index (κ1) is 18.6. The summed E-state index contributed by atoms with van der Waals surface area (Å²) in [6, 6.07) is 9.42. The quantitative estimate of drug-likeness (QED) is 0.805. The Bertz CT molecular complexity index is 654. The van der Waals surface area contributed by atoms with Gasteiger partial charge >= 0.3 is 0 Å². The normalized spacial score (nSPS) is 22.2. The molecule has 2 heterocycles. The third-order valence-corrected chi connectivity index (χ3v) is 5.55. The number of ketones is 1. The molecule has 2 amide bonds. The zero-order chi connectivity index (χ0) is 18.5. The Morgan fingerprint density at radius 3 is 2.31 bits per heavy atom. The Hall–Kier alpha value is -2.21. The maximum Gasteiger partial charge on any atom is 0.236 e.